The number of rotatable bonds is 5. The molecule has 0 radical (unpaired) electrons. The van der Waals surface area contributed by atoms with Crippen molar-refractivity contribution < 1.29 is 9.58 Å². The predicted octanol–water partition coefficient (Wildman–Crippen LogP) is 1.38. The Morgan fingerprint density at radius 2 is 2.36 bits per heavy atom. The quantitative estimate of drug-likeness (QED) is 0.253. The zero-order valence-electron chi connectivity index (χ0n) is 6.23. The van der Waals surface area contributed by atoms with Crippen LogP contribution in [0.2, 0.25) is 0 Å². The first-order chi connectivity index (χ1) is 5.31. The molecule has 0 rings (SSSR count). The van der Waals surface area contributed by atoms with Gasteiger partial charge in [-0.3, -0.25) is 4.79 Å². The molecular formula is C8H10N2O. The van der Waals surface area contributed by atoms with Gasteiger partial charge in [0.05, 0.1) is 0 Å². The summed E-state index contributed by atoms with van der Waals surface area (Å²) in [6.45, 7) is 3.48. The molecule has 3 heteroatoms. The van der Waals surface area contributed by atoms with Crippen molar-refractivity contribution >= 4 is 12.0 Å². The van der Waals surface area contributed by atoms with Crippen LogP contribution in [0.25, 0.3) is 5.53 Å². The van der Waals surface area contributed by atoms with E-state index >= 15 is 0 Å². The van der Waals surface area contributed by atoms with Gasteiger partial charge in [0.1, 0.15) is 0 Å². The maximum Gasteiger partial charge on any atom is 0.323 e. The average molecular weight is 150 g/mol. The van der Waals surface area contributed by atoms with E-state index in [0.29, 0.717) is 12.8 Å². The van der Waals surface area contributed by atoms with Crippen molar-refractivity contribution in [3.05, 3.63) is 30.3 Å². The molecule has 0 N–H and O–H groups in total. The number of carbonyl (C=O) groups is 1. The van der Waals surface area contributed by atoms with E-state index in [1.807, 2.05) is 6.08 Å². The largest absolute Gasteiger partial charge is 0.361 e. The summed E-state index contributed by atoms with van der Waals surface area (Å²) in [5.41, 5.74) is 7.95. The Morgan fingerprint density at radius 1 is 1.64 bits per heavy atom. The third-order valence-corrected chi connectivity index (χ3v) is 1.03. The summed E-state index contributed by atoms with van der Waals surface area (Å²) in [6, 6.07) is 0. The molecule has 0 aromatic carbocycles. The highest BCUT2D eigenvalue weighted by atomic mass is 16.1. The van der Waals surface area contributed by atoms with E-state index in [2.05, 4.69) is 11.4 Å². The van der Waals surface area contributed by atoms with Crippen LogP contribution in [0.3, 0.4) is 0 Å². The van der Waals surface area contributed by atoms with E-state index in [1.165, 1.54) is 0 Å². The Bertz CT molecular complexity index is 212. The molecular weight excluding hydrogens is 140 g/mol. The van der Waals surface area contributed by atoms with Crippen LogP contribution < -0.4 is 0 Å². The molecule has 0 heterocycles. The van der Waals surface area contributed by atoms with Gasteiger partial charge < -0.3 is 5.53 Å². The number of carbonyl (C=O) groups excluding carboxylic acids is 1. The Balaban J connectivity index is 3.54. The lowest BCUT2D eigenvalue weighted by Gasteiger charge is -1.82. The smallest absolute Gasteiger partial charge is 0.323 e. The van der Waals surface area contributed by atoms with Crippen LogP contribution in [0.5, 0.6) is 0 Å². The summed E-state index contributed by atoms with van der Waals surface area (Å²) in [6.07, 6.45) is 7.16. The lowest BCUT2D eigenvalue weighted by molar-refractivity contribution is -0.116. The van der Waals surface area contributed by atoms with Crippen LogP contribution in [0.1, 0.15) is 12.8 Å². The first kappa shape index (κ1) is 9.53. The van der Waals surface area contributed by atoms with Crippen molar-refractivity contribution in [2.45, 2.75) is 12.8 Å². The molecule has 0 aromatic heterocycles. The van der Waals surface area contributed by atoms with E-state index < -0.39 is 0 Å². The van der Waals surface area contributed by atoms with Crippen molar-refractivity contribution in [3.63, 3.8) is 0 Å². The molecule has 0 aromatic rings. The SMILES string of the molecule is C=C/C=C/CCC(=O)C=[N+]=[N-]. The minimum Gasteiger partial charge on any atom is -0.361 e. The molecule has 3 nitrogen and oxygen atoms in total. The van der Waals surface area contributed by atoms with E-state index in [9.17, 15) is 4.79 Å². The van der Waals surface area contributed by atoms with Gasteiger partial charge in [-0.1, -0.05) is 24.8 Å². The molecule has 0 aliphatic carbocycles. The van der Waals surface area contributed by atoms with Gasteiger partial charge in [0.15, 0.2) is 0 Å². The highest BCUT2D eigenvalue weighted by Crippen LogP contribution is 1.90. The van der Waals surface area contributed by atoms with Gasteiger partial charge in [-0.05, 0) is 6.42 Å². The number of allylic oxidation sites excluding steroid dienone is 3. The van der Waals surface area contributed by atoms with E-state index in [0.717, 1.165) is 6.21 Å². The predicted molar refractivity (Wildman–Crippen MR) is 43.3 cm³/mol. The van der Waals surface area contributed by atoms with Crippen LogP contribution >= 0.6 is 0 Å². The fourth-order valence-corrected chi connectivity index (χ4v) is 0.547. The van der Waals surface area contributed by atoms with Crippen molar-refractivity contribution in [1.29, 1.82) is 0 Å². The van der Waals surface area contributed by atoms with Crippen LogP contribution in [0.15, 0.2) is 24.8 Å². The lowest BCUT2D eigenvalue weighted by Crippen LogP contribution is -1.97. The summed E-state index contributed by atoms with van der Waals surface area (Å²) >= 11 is 0. The summed E-state index contributed by atoms with van der Waals surface area (Å²) in [5, 5.41) is 0. The fourth-order valence-electron chi connectivity index (χ4n) is 0.547. The summed E-state index contributed by atoms with van der Waals surface area (Å²) < 4.78 is 0. The monoisotopic (exact) mass is 150 g/mol. The van der Waals surface area contributed by atoms with E-state index in [1.54, 1.807) is 12.2 Å². The summed E-state index contributed by atoms with van der Waals surface area (Å²) in [7, 11) is 0. The standard InChI is InChI=1S/C8H10N2O/c1-2-3-4-5-6-8(11)7-10-9/h2-4,7H,1,5-6H2/b4-3+. The van der Waals surface area contributed by atoms with Crippen LogP contribution in [-0.2, 0) is 4.79 Å². The fraction of sp³-hybridized carbons (Fsp3) is 0.250. The molecule has 0 bridgehead atoms. The van der Waals surface area contributed by atoms with Crippen LogP contribution in [0.4, 0.5) is 0 Å². The second kappa shape index (κ2) is 6.65. The Kier molecular flexibility index (Phi) is 5.76. The molecule has 0 unspecified atom stereocenters. The van der Waals surface area contributed by atoms with Gasteiger partial charge in [-0.25, -0.2) is 0 Å². The number of nitrogens with zero attached hydrogens (tertiary/aromatic N) is 2. The molecule has 0 saturated carbocycles. The van der Waals surface area contributed by atoms with E-state index in [4.69, 9.17) is 5.53 Å². The first-order valence-electron chi connectivity index (χ1n) is 3.29. The third-order valence-electron chi connectivity index (χ3n) is 1.03. The molecule has 0 aliphatic rings. The third kappa shape index (κ3) is 6.41. The van der Waals surface area contributed by atoms with Gasteiger partial charge >= 0.3 is 6.21 Å². The lowest BCUT2D eigenvalue weighted by atomic mass is 10.2. The molecule has 0 aliphatic heterocycles. The van der Waals surface area contributed by atoms with Gasteiger partial charge in [0, 0.05) is 6.42 Å². The molecule has 0 fully saturated rings. The van der Waals surface area contributed by atoms with Crippen molar-refractivity contribution in [2.75, 3.05) is 0 Å². The zero-order valence-corrected chi connectivity index (χ0v) is 6.23. The minimum atomic E-state index is -0.179. The van der Waals surface area contributed by atoms with Crippen LogP contribution in [0, 0.1) is 0 Å². The number of Topliss-reactive ketones (excluding diaryl/α,β-unsaturated/α-hetero) is 1. The number of hydrogen-bond acceptors (Lipinski definition) is 1. The van der Waals surface area contributed by atoms with Crippen LogP contribution in [-0.4, -0.2) is 16.8 Å². The highest BCUT2D eigenvalue weighted by molar-refractivity contribution is 6.25. The average Bonchev–Trinajstić information content (AvgIpc) is 1.99. The van der Waals surface area contributed by atoms with Gasteiger partial charge in [0.25, 0.3) is 0 Å². The van der Waals surface area contributed by atoms with Crippen molar-refractivity contribution in [1.82, 2.24) is 0 Å². The molecule has 0 amide bonds. The Hall–Kier alpha value is -1.47. The molecule has 0 saturated heterocycles. The van der Waals surface area contributed by atoms with E-state index in [-0.39, 0.29) is 5.78 Å². The number of ketones is 1. The Labute approximate surface area is 65.7 Å². The second-order valence-corrected chi connectivity index (χ2v) is 1.91. The van der Waals surface area contributed by atoms with Crippen molar-refractivity contribution in [3.8, 4) is 0 Å². The zero-order chi connectivity index (χ0) is 8.53. The maximum atomic E-state index is 10.6. The highest BCUT2D eigenvalue weighted by Gasteiger charge is 1.98. The molecule has 0 atom stereocenters. The van der Waals surface area contributed by atoms with Gasteiger partial charge in [-0.2, -0.15) is 4.79 Å². The summed E-state index contributed by atoms with van der Waals surface area (Å²) in [5.74, 6) is -0.179. The molecule has 0 spiro atoms. The molecule has 58 valence electrons. The van der Waals surface area contributed by atoms with Gasteiger partial charge in [0.2, 0.25) is 5.78 Å². The van der Waals surface area contributed by atoms with Gasteiger partial charge in [-0.15, -0.1) is 0 Å². The first-order valence-corrected chi connectivity index (χ1v) is 3.29. The number of hydrogen-bond donors (Lipinski definition) is 0. The normalized spacial score (nSPS) is 9.09. The molecule has 11 heavy (non-hydrogen) atoms. The van der Waals surface area contributed by atoms with Crippen molar-refractivity contribution in [2.24, 2.45) is 0 Å². The minimum absolute atomic E-state index is 0.179. The maximum absolute atomic E-state index is 10.6. The Morgan fingerprint density at radius 3 is 2.91 bits per heavy atom. The topological polar surface area (TPSA) is 53.5 Å². The summed E-state index contributed by atoms with van der Waals surface area (Å²) in [4.78, 5) is 13.3. The second-order valence-electron chi connectivity index (χ2n) is 1.91.